The molecule has 120 valence electrons. The first-order chi connectivity index (χ1) is 11.2. The van der Waals surface area contributed by atoms with Crippen molar-refractivity contribution in [3.8, 4) is 0 Å². The largest absolute Gasteiger partial charge is 0.352 e. The molecule has 3 rings (SSSR count). The van der Waals surface area contributed by atoms with Gasteiger partial charge >= 0.3 is 0 Å². The maximum Gasteiger partial charge on any atom is 0.225 e. The number of carbonyl (C=O) groups excluding carboxylic acids is 2. The minimum absolute atomic E-state index is 0.0409. The first-order valence-electron chi connectivity index (χ1n) is 7.85. The number of rotatable bonds is 6. The first-order valence-corrected chi connectivity index (χ1v) is 8.73. The second-order valence-corrected chi connectivity index (χ2v) is 6.80. The number of benzene rings is 1. The van der Waals surface area contributed by atoms with Gasteiger partial charge in [-0.15, -0.1) is 11.3 Å². The maximum atomic E-state index is 11.9. The number of likely N-dealkylation sites (tertiary alicyclic amines) is 1. The molecule has 1 aromatic carbocycles. The molecule has 2 heterocycles. The average Bonchev–Trinajstić information content (AvgIpc) is 3.19. The van der Waals surface area contributed by atoms with Gasteiger partial charge in [-0.2, -0.15) is 0 Å². The zero-order valence-corrected chi connectivity index (χ0v) is 13.8. The van der Waals surface area contributed by atoms with E-state index in [9.17, 15) is 9.59 Å². The molecule has 0 spiro atoms. The lowest BCUT2D eigenvalue weighted by molar-refractivity contribution is -0.128. The van der Waals surface area contributed by atoms with Crippen LogP contribution in [0.3, 0.4) is 0 Å². The number of hydrogen-bond acceptors (Lipinski definition) is 3. The van der Waals surface area contributed by atoms with Gasteiger partial charge in [0.1, 0.15) is 0 Å². The highest BCUT2D eigenvalue weighted by molar-refractivity contribution is 7.10. The van der Waals surface area contributed by atoms with Crippen LogP contribution in [0.25, 0.3) is 0 Å². The summed E-state index contributed by atoms with van der Waals surface area (Å²) in [6.07, 6.45) is 2.08. The quantitative estimate of drug-likeness (QED) is 0.886. The summed E-state index contributed by atoms with van der Waals surface area (Å²) < 4.78 is 0. The van der Waals surface area contributed by atoms with E-state index in [1.165, 1.54) is 0 Å². The van der Waals surface area contributed by atoms with Crippen LogP contribution < -0.4 is 5.32 Å². The fourth-order valence-corrected chi connectivity index (χ4v) is 3.39. The van der Waals surface area contributed by atoms with Gasteiger partial charge in [0, 0.05) is 30.9 Å². The Bertz CT molecular complexity index is 665. The Morgan fingerprint density at radius 1 is 1.17 bits per heavy atom. The fourth-order valence-electron chi connectivity index (χ4n) is 2.69. The van der Waals surface area contributed by atoms with Gasteiger partial charge in [-0.25, -0.2) is 0 Å². The molecule has 4 nitrogen and oxygen atoms in total. The van der Waals surface area contributed by atoms with E-state index in [-0.39, 0.29) is 11.8 Å². The zero-order valence-electron chi connectivity index (χ0n) is 13.0. The molecular formula is C18H20N2O2S. The number of nitrogens with zero attached hydrogens (tertiary/aromatic N) is 1. The number of hydrogen-bond donors (Lipinski definition) is 1. The van der Waals surface area contributed by atoms with Crippen molar-refractivity contribution in [2.45, 2.75) is 32.4 Å². The van der Waals surface area contributed by atoms with Crippen LogP contribution in [0.4, 0.5) is 0 Å². The summed E-state index contributed by atoms with van der Waals surface area (Å²) >= 11 is 1.60. The third kappa shape index (κ3) is 4.42. The van der Waals surface area contributed by atoms with E-state index < -0.39 is 0 Å². The predicted molar refractivity (Wildman–Crippen MR) is 91.0 cm³/mol. The topological polar surface area (TPSA) is 49.4 Å². The summed E-state index contributed by atoms with van der Waals surface area (Å²) in [5, 5.41) is 4.92. The standard InChI is InChI=1S/C18H20N2O2S/c21-17(11-16-3-2-10-23-16)19-12-14-5-7-15(8-6-14)13-20-9-1-4-18(20)22/h2-3,5-8,10H,1,4,9,11-13H2,(H,19,21). The third-order valence-electron chi connectivity index (χ3n) is 3.97. The van der Waals surface area contributed by atoms with Crippen LogP contribution in [-0.4, -0.2) is 23.3 Å². The minimum atomic E-state index is 0.0409. The zero-order chi connectivity index (χ0) is 16.1. The molecule has 1 N–H and O–H groups in total. The molecule has 1 aliphatic heterocycles. The Kier molecular flexibility index (Phi) is 5.08. The molecule has 0 radical (unpaired) electrons. The molecule has 1 saturated heterocycles. The van der Waals surface area contributed by atoms with Gasteiger partial charge in [0.2, 0.25) is 11.8 Å². The van der Waals surface area contributed by atoms with E-state index in [2.05, 4.69) is 5.32 Å². The highest BCUT2D eigenvalue weighted by Gasteiger charge is 2.19. The van der Waals surface area contributed by atoms with Crippen molar-refractivity contribution >= 4 is 23.2 Å². The average molecular weight is 328 g/mol. The van der Waals surface area contributed by atoms with E-state index >= 15 is 0 Å². The van der Waals surface area contributed by atoms with Gasteiger partial charge in [-0.05, 0) is 29.0 Å². The lowest BCUT2D eigenvalue weighted by Gasteiger charge is -2.15. The van der Waals surface area contributed by atoms with Crippen molar-refractivity contribution in [1.29, 1.82) is 0 Å². The molecule has 5 heteroatoms. The van der Waals surface area contributed by atoms with Gasteiger partial charge in [0.25, 0.3) is 0 Å². The lowest BCUT2D eigenvalue weighted by atomic mass is 10.1. The normalized spacial score (nSPS) is 14.3. The summed E-state index contributed by atoms with van der Waals surface area (Å²) in [4.78, 5) is 26.5. The Morgan fingerprint density at radius 3 is 2.61 bits per heavy atom. The number of amides is 2. The van der Waals surface area contributed by atoms with Gasteiger partial charge in [-0.1, -0.05) is 30.3 Å². The van der Waals surface area contributed by atoms with Crippen molar-refractivity contribution < 1.29 is 9.59 Å². The van der Waals surface area contributed by atoms with Crippen molar-refractivity contribution in [3.05, 3.63) is 57.8 Å². The molecule has 0 unspecified atom stereocenters. The van der Waals surface area contributed by atoms with Crippen LogP contribution in [0.2, 0.25) is 0 Å². The SMILES string of the molecule is O=C(Cc1cccs1)NCc1ccc(CN2CCCC2=O)cc1. The van der Waals surface area contributed by atoms with Gasteiger partial charge in [-0.3, -0.25) is 9.59 Å². The van der Waals surface area contributed by atoms with Crippen molar-refractivity contribution in [1.82, 2.24) is 10.2 Å². The summed E-state index contributed by atoms with van der Waals surface area (Å²) in [6, 6.07) is 12.0. The van der Waals surface area contributed by atoms with Crippen LogP contribution in [0, 0.1) is 0 Å². The smallest absolute Gasteiger partial charge is 0.225 e. The van der Waals surface area contributed by atoms with Crippen molar-refractivity contribution in [2.24, 2.45) is 0 Å². The Hall–Kier alpha value is -2.14. The third-order valence-corrected chi connectivity index (χ3v) is 4.85. The van der Waals surface area contributed by atoms with Gasteiger partial charge < -0.3 is 10.2 Å². The maximum absolute atomic E-state index is 11.9. The molecular weight excluding hydrogens is 308 g/mol. The van der Waals surface area contributed by atoms with E-state index in [1.807, 2.05) is 46.7 Å². The second kappa shape index (κ2) is 7.42. The van der Waals surface area contributed by atoms with Crippen molar-refractivity contribution in [2.75, 3.05) is 6.54 Å². The minimum Gasteiger partial charge on any atom is -0.352 e. The molecule has 1 aromatic heterocycles. The van der Waals surface area contributed by atoms with Crippen LogP contribution in [0.5, 0.6) is 0 Å². The summed E-state index contributed by atoms with van der Waals surface area (Å²) in [7, 11) is 0. The number of thiophene rings is 1. The highest BCUT2D eigenvalue weighted by Crippen LogP contribution is 2.15. The van der Waals surface area contributed by atoms with E-state index in [4.69, 9.17) is 0 Å². The summed E-state index contributed by atoms with van der Waals surface area (Å²) in [5.74, 6) is 0.286. The van der Waals surface area contributed by atoms with Crippen LogP contribution >= 0.6 is 11.3 Å². The number of carbonyl (C=O) groups is 2. The Labute approximate surface area is 140 Å². The molecule has 0 aliphatic carbocycles. The first kappa shape index (κ1) is 15.7. The summed E-state index contributed by atoms with van der Waals surface area (Å²) in [6.45, 7) is 2.08. The Morgan fingerprint density at radius 2 is 1.96 bits per heavy atom. The molecule has 2 aromatic rings. The summed E-state index contributed by atoms with van der Waals surface area (Å²) in [5.41, 5.74) is 2.20. The van der Waals surface area contributed by atoms with Crippen molar-refractivity contribution in [3.63, 3.8) is 0 Å². The van der Waals surface area contributed by atoms with Crippen LogP contribution in [-0.2, 0) is 29.1 Å². The van der Waals surface area contributed by atoms with E-state index in [1.54, 1.807) is 11.3 Å². The molecule has 2 amide bonds. The van der Waals surface area contributed by atoms with Gasteiger partial charge in [0.15, 0.2) is 0 Å². The monoisotopic (exact) mass is 328 g/mol. The molecule has 1 aliphatic rings. The Balaban J connectivity index is 1.47. The molecule has 0 saturated carbocycles. The molecule has 0 bridgehead atoms. The van der Waals surface area contributed by atoms with Crippen LogP contribution in [0.1, 0.15) is 28.8 Å². The highest BCUT2D eigenvalue weighted by atomic mass is 32.1. The van der Waals surface area contributed by atoms with Gasteiger partial charge in [0.05, 0.1) is 6.42 Å². The van der Waals surface area contributed by atoms with Crippen LogP contribution in [0.15, 0.2) is 41.8 Å². The lowest BCUT2D eigenvalue weighted by Crippen LogP contribution is -2.24. The molecule has 0 atom stereocenters. The molecule has 1 fully saturated rings. The number of nitrogens with one attached hydrogen (secondary N) is 1. The van der Waals surface area contributed by atoms with E-state index in [0.717, 1.165) is 29.0 Å². The fraction of sp³-hybridized carbons (Fsp3) is 0.333. The van der Waals surface area contributed by atoms with E-state index in [0.29, 0.717) is 25.9 Å². The molecule has 23 heavy (non-hydrogen) atoms. The second-order valence-electron chi connectivity index (χ2n) is 5.77. The predicted octanol–water partition coefficient (Wildman–Crippen LogP) is 2.73.